The molecule has 0 atom stereocenters. The lowest BCUT2D eigenvalue weighted by Gasteiger charge is -2.41. The standard InChI is InChI=1S/C14H20N2O.H2/c1-14(4-6-17-7-5-14)16-9-11-2-3-13(15)8-12(11)10-16;/h2-3,8H,4-7,9-10,15H2,1H3;1H. The highest BCUT2D eigenvalue weighted by molar-refractivity contribution is 5.46. The van der Waals surface area contributed by atoms with Gasteiger partial charge in [-0.15, -0.1) is 0 Å². The van der Waals surface area contributed by atoms with Crippen LogP contribution in [-0.2, 0) is 17.8 Å². The first-order valence-corrected chi connectivity index (χ1v) is 6.37. The summed E-state index contributed by atoms with van der Waals surface area (Å²) in [5.74, 6) is 0. The summed E-state index contributed by atoms with van der Waals surface area (Å²) in [5.41, 5.74) is 9.86. The summed E-state index contributed by atoms with van der Waals surface area (Å²) in [4.78, 5) is 2.58. The van der Waals surface area contributed by atoms with Crippen molar-refractivity contribution in [2.75, 3.05) is 18.9 Å². The van der Waals surface area contributed by atoms with Gasteiger partial charge in [0.05, 0.1) is 0 Å². The van der Waals surface area contributed by atoms with Crippen molar-refractivity contribution in [2.24, 2.45) is 0 Å². The van der Waals surface area contributed by atoms with Gasteiger partial charge in [0.15, 0.2) is 0 Å². The number of rotatable bonds is 1. The molecule has 0 aliphatic carbocycles. The normalized spacial score (nSPS) is 23.6. The molecule has 2 heterocycles. The Morgan fingerprint density at radius 1 is 1.24 bits per heavy atom. The van der Waals surface area contributed by atoms with Gasteiger partial charge in [-0.25, -0.2) is 0 Å². The minimum absolute atomic E-state index is 0. The Kier molecular flexibility index (Phi) is 2.60. The molecule has 2 aliphatic heterocycles. The van der Waals surface area contributed by atoms with Gasteiger partial charge < -0.3 is 10.5 Å². The number of ether oxygens (including phenoxy) is 1. The van der Waals surface area contributed by atoms with E-state index in [1.165, 1.54) is 11.1 Å². The molecule has 0 radical (unpaired) electrons. The second-order valence-corrected chi connectivity index (χ2v) is 5.49. The van der Waals surface area contributed by atoms with E-state index in [2.05, 4.69) is 24.0 Å². The Balaban J connectivity index is 0.00000120. The first-order chi connectivity index (χ1) is 8.17. The van der Waals surface area contributed by atoms with Crippen LogP contribution < -0.4 is 5.73 Å². The van der Waals surface area contributed by atoms with Gasteiger partial charge in [0.25, 0.3) is 0 Å². The smallest absolute Gasteiger partial charge is 0.0483 e. The summed E-state index contributed by atoms with van der Waals surface area (Å²) >= 11 is 0. The minimum atomic E-state index is 0. The van der Waals surface area contributed by atoms with Crippen LogP contribution in [0.15, 0.2) is 18.2 Å². The average Bonchev–Trinajstić information content (AvgIpc) is 2.73. The molecule has 1 fully saturated rings. The predicted octanol–water partition coefficient (Wildman–Crippen LogP) is 2.40. The topological polar surface area (TPSA) is 38.5 Å². The SMILES string of the molecule is CC1(N2Cc3ccc(N)cc3C2)CCOCC1.[HH]. The van der Waals surface area contributed by atoms with E-state index in [1.54, 1.807) is 0 Å². The zero-order valence-corrected chi connectivity index (χ0v) is 10.4. The van der Waals surface area contributed by atoms with Crippen LogP contribution in [0, 0.1) is 0 Å². The third kappa shape index (κ3) is 1.94. The van der Waals surface area contributed by atoms with Gasteiger partial charge in [0.1, 0.15) is 0 Å². The quantitative estimate of drug-likeness (QED) is 0.758. The highest BCUT2D eigenvalue weighted by Gasteiger charge is 2.36. The second kappa shape index (κ2) is 4.00. The van der Waals surface area contributed by atoms with Crippen molar-refractivity contribution in [1.82, 2.24) is 4.90 Å². The molecule has 2 N–H and O–H groups in total. The molecule has 3 nitrogen and oxygen atoms in total. The molecule has 3 heteroatoms. The molecular formula is C14H22N2O. The molecule has 0 unspecified atom stereocenters. The largest absolute Gasteiger partial charge is 0.399 e. The van der Waals surface area contributed by atoms with Crippen molar-refractivity contribution in [3.05, 3.63) is 29.3 Å². The van der Waals surface area contributed by atoms with Crippen molar-refractivity contribution in [3.63, 3.8) is 0 Å². The zero-order valence-electron chi connectivity index (χ0n) is 10.4. The van der Waals surface area contributed by atoms with E-state index in [1.807, 2.05) is 6.07 Å². The summed E-state index contributed by atoms with van der Waals surface area (Å²) in [6.45, 7) is 6.25. The first kappa shape index (κ1) is 11.1. The Hall–Kier alpha value is -1.06. The summed E-state index contributed by atoms with van der Waals surface area (Å²) in [5, 5.41) is 0. The summed E-state index contributed by atoms with van der Waals surface area (Å²) in [6, 6.07) is 6.31. The van der Waals surface area contributed by atoms with Crippen LogP contribution in [0.3, 0.4) is 0 Å². The molecule has 3 rings (SSSR count). The zero-order chi connectivity index (χ0) is 11.9. The third-order valence-electron chi connectivity index (χ3n) is 4.29. The number of nitrogens with zero attached hydrogens (tertiary/aromatic N) is 1. The molecular weight excluding hydrogens is 212 g/mol. The van der Waals surface area contributed by atoms with Crippen LogP contribution in [0.25, 0.3) is 0 Å². The summed E-state index contributed by atoms with van der Waals surface area (Å²) in [6.07, 6.45) is 2.27. The van der Waals surface area contributed by atoms with Crippen LogP contribution >= 0.6 is 0 Å². The Morgan fingerprint density at radius 2 is 1.94 bits per heavy atom. The van der Waals surface area contributed by atoms with Crippen LogP contribution in [0.5, 0.6) is 0 Å². The van der Waals surface area contributed by atoms with Crippen molar-refractivity contribution < 1.29 is 6.16 Å². The predicted molar refractivity (Wildman–Crippen MR) is 70.7 cm³/mol. The van der Waals surface area contributed by atoms with Gasteiger partial charge in [0, 0.05) is 39.0 Å². The number of nitrogens with two attached hydrogens (primary N) is 1. The summed E-state index contributed by atoms with van der Waals surface area (Å²) < 4.78 is 5.47. The fourth-order valence-electron chi connectivity index (χ4n) is 2.92. The molecule has 1 aromatic rings. The number of anilines is 1. The fourth-order valence-corrected chi connectivity index (χ4v) is 2.92. The second-order valence-electron chi connectivity index (χ2n) is 5.49. The number of hydrogen-bond acceptors (Lipinski definition) is 3. The van der Waals surface area contributed by atoms with E-state index in [4.69, 9.17) is 10.5 Å². The maximum atomic E-state index is 5.85. The lowest BCUT2D eigenvalue weighted by molar-refractivity contribution is -0.0215. The maximum absolute atomic E-state index is 5.85. The lowest BCUT2D eigenvalue weighted by Crippen LogP contribution is -2.47. The Labute approximate surface area is 104 Å². The van der Waals surface area contributed by atoms with Crippen molar-refractivity contribution in [2.45, 2.75) is 38.4 Å². The molecule has 0 amide bonds. The van der Waals surface area contributed by atoms with E-state index in [9.17, 15) is 0 Å². The van der Waals surface area contributed by atoms with E-state index < -0.39 is 0 Å². The van der Waals surface area contributed by atoms with E-state index in [0.717, 1.165) is 44.8 Å². The molecule has 1 saturated heterocycles. The van der Waals surface area contributed by atoms with Crippen LogP contribution in [-0.4, -0.2) is 23.7 Å². The molecule has 0 aromatic heterocycles. The van der Waals surface area contributed by atoms with Gasteiger partial charge in [-0.05, 0) is 43.0 Å². The number of nitrogen functional groups attached to an aromatic ring is 1. The van der Waals surface area contributed by atoms with Crippen molar-refractivity contribution in [3.8, 4) is 0 Å². The van der Waals surface area contributed by atoms with Gasteiger partial charge in [0.2, 0.25) is 0 Å². The van der Waals surface area contributed by atoms with Crippen molar-refractivity contribution in [1.29, 1.82) is 0 Å². The average molecular weight is 234 g/mol. The number of fused-ring (bicyclic) bond motifs is 1. The lowest BCUT2D eigenvalue weighted by atomic mass is 9.90. The summed E-state index contributed by atoms with van der Waals surface area (Å²) in [7, 11) is 0. The molecule has 0 spiro atoms. The van der Waals surface area contributed by atoms with E-state index >= 15 is 0 Å². The first-order valence-electron chi connectivity index (χ1n) is 6.37. The molecule has 94 valence electrons. The molecule has 17 heavy (non-hydrogen) atoms. The van der Waals surface area contributed by atoms with Gasteiger partial charge in [-0.2, -0.15) is 0 Å². The van der Waals surface area contributed by atoms with Gasteiger partial charge in [-0.1, -0.05) is 6.07 Å². The fraction of sp³-hybridized carbons (Fsp3) is 0.571. The molecule has 2 aliphatic rings. The number of hydrogen-bond donors (Lipinski definition) is 1. The minimum Gasteiger partial charge on any atom is -0.399 e. The van der Waals surface area contributed by atoms with E-state index in [-0.39, 0.29) is 1.43 Å². The van der Waals surface area contributed by atoms with Gasteiger partial charge in [-0.3, -0.25) is 4.90 Å². The number of benzene rings is 1. The maximum Gasteiger partial charge on any atom is 0.0483 e. The molecule has 1 aromatic carbocycles. The van der Waals surface area contributed by atoms with E-state index in [0.29, 0.717) is 5.54 Å². The molecule has 0 bridgehead atoms. The van der Waals surface area contributed by atoms with Gasteiger partial charge >= 0.3 is 0 Å². The Bertz CT molecular complexity index is 430. The van der Waals surface area contributed by atoms with Crippen LogP contribution in [0.1, 0.15) is 32.3 Å². The molecule has 0 saturated carbocycles. The van der Waals surface area contributed by atoms with Crippen LogP contribution in [0.4, 0.5) is 5.69 Å². The Morgan fingerprint density at radius 3 is 2.71 bits per heavy atom. The van der Waals surface area contributed by atoms with Crippen molar-refractivity contribution >= 4 is 5.69 Å². The van der Waals surface area contributed by atoms with Crippen LogP contribution in [0.2, 0.25) is 0 Å². The highest BCUT2D eigenvalue weighted by atomic mass is 16.5. The highest BCUT2D eigenvalue weighted by Crippen LogP contribution is 2.35. The monoisotopic (exact) mass is 234 g/mol. The third-order valence-corrected chi connectivity index (χ3v) is 4.29.